The molecule has 1 aromatic carbocycles. The second kappa shape index (κ2) is 9.34. The maximum absolute atomic E-state index is 5.79. The third kappa shape index (κ3) is 5.20. The van der Waals surface area contributed by atoms with Crippen LogP contribution in [0.3, 0.4) is 0 Å². The summed E-state index contributed by atoms with van der Waals surface area (Å²) >= 11 is 2.07. The Labute approximate surface area is 132 Å². The van der Waals surface area contributed by atoms with Crippen LogP contribution in [0.4, 0.5) is 0 Å². The molecule has 3 nitrogen and oxygen atoms in total. The number of thioether (sulfide) groups is 1. The van der Waals surface area contributed by atoms with Crippen molar-refractivity contribution in [3.8, 4) is 5.75 Å². The Morgan fingerprint density at radius 3 is 2.76 bits per heavy atom. The molecule has 0 saturated carbocycles. The minimum atomic E-state index is 0.352. The highest BCUT2D eigenvalue weighted by atomic mass is 32.2. The summed E-state index contributed by atoms with van der Waals surface area (Å²) in [5.41, 5.74) is 1.28. The van der Waals surface area contributed by atoms with Gasteiger partial charge in [-0.1, -0.05) is 25.1 Å². The van der Waals surface area contributed by atoms with E-state index in [1.165, 1.54) is 18.4 Å². The minimum Gasteiger partial charge on any atom is -0.494 e. The predicted octanol–water partition coefficient (Wildman–Crippen LogP) is 3.65. The molecule has 0 aliphatic carbocycles. The van der Waals surface area contributed by atoms with Gasteiger partial charge >= 0.3 is 0 Å². The highest BCUT2D eigenvalue weighted by molar-refractivity contribution is 7.99. The molecular formula is C17H27NO2S. The third-order valence-corrected chi connectivity index (χ3v) is 5.18. The fourth-order valence-corrected chi connectivity index (χ4v) is 3.92. The van der Waals surface area contributed by atoms with E-state index in [2.05, 4.69) is 42.2 Å². The lowest BCUT2D eigenvalue weighted by Gasteiger charge is -2.25. The lowest BCUT2D eigenvalue weighted by molar-refractivity contribution is 0.1000. The van der Waals surface area contributed by atoms with Gasteiger partial charge in [0.05, 0.1) is 6.61 Å². The van der Waals surface area contributed by atoms with Crippen LogP contribution < -0.4 is 10.1 Å². The van der Waals surface area contributed by atoms with Crippen LogP contribution in [0, 0.1) is 0 Å². The van der Waals surface area contributed by atoms with Gasteiger partial charge < -0.3 is 14.8 Å². The van der Waals surface area contributed by atoms with Gasteiger partial charge in [-0.15, -0.1) is 0 Å². The molecule has 118 valence electrons. The van der Waals surface area contributed by atoms with Gasteiger partial charge in [-0.3, -0.25) is 0 Å². The van der Waals surface area contributed by atoms with Gasteiger partial charge in [-0.2, -0.15) is 11.8 Å². The van der Waals surface area contributed by atoms with E-state index in [1.54, 1.807) is 0 Å². The van der Waals surface area contributed by atoms with Gasteiger partial charge in [-0.25, -0.2) is 0 Å². The van der Waals surface area contributed by atoms with Crippen LogP contribution in [0.2, 0.25) is 0 Å². The average molecular weight is 309 g/mol. The second-order valence-electron chi connectivity index (χ2n) is 5.23. The maximum Gasteiger partial charge on any atom is 0.124 e. The molecule has 0 bridgehead atoms. The third-order valence-electron chi connectivity index (χ3n) is 3.71. The molecule has 1 unspecified atom stereocenters. The monoisotopic (exact) mass is 309 g/mol. The second-order valence-corrected chi connectivity index (χ2v) is 6.56. The van der Waals surface area contributed by atoms with Gasteiger partial charge in [-0.05, 0) is 32.4 Å². The summed E-state index contributed by atoms with van der Waals surface area (Å²) in [7, 11) is 0. The molecule has 1 saturated heterocycles. The lowest BCUT2D eigenvalue weighted by atomic mass is 10.1. The number of nitrogens with one attached hydrogen (secondary N) is 1. The fourth-order valence-electron chi connectivity index (χ4n) is 2.64. The number of hydrogen-bond acceptors (Lipinski definition) is 4. The summed E-state index contributed by atoms with van der Waals surface area (Å²) in [5, 5.41) is 4.34. The molecule has 1 aliphatic heterocycles. The van der Waals surface area contributed by atoms with Crippen molar-refractivity contribution in [1.29, 1.82) is 0 Å². The van der Waals surface area contributed by atoms with Crippen LogP contribution in [0.15, 0.2) is 24.3 Å². The first-order valence-corrected chi connectivity index (χ1v) is 9.04. The van der Waals surface area contributed by atoms with Crippen LogP contribution in [-0.2, 0) is 4.74 Å². The van der Waals surface area contributed by atoms with Crippen molar-refractivity contribution in [2.75, 3.05) is 32.1 Å². The zero-order chi connectivity index (χ0) is 14.9. The van der Waals surface area contributed by atoms with Gasteiger partial charge in [0.2, 0.25) is 0 Å². The summed E-state index contributed by atoms with van der Waals surface area (Å²) < 4.78 is 11.2. The van der Waals surface area contributed by atoms with E-state index in [0.717, 1.165) is 36.5 Å². The van der Waals surface area contributed by atoms with Crippen molar-refractivity contribution in [2.24, 2.45) is 0 Å². The molecule has 1 fully saturated rings. The van der Waals surface area contributed by atoms with E-state index >= 15 is 0 Å². The lowest BCUT2D eigenvalue weighted by Crippen LogP contribution is -2.26. The largest absolute Gasteiger partial charge is 0.494 e. The molecule has 1 aromatic rings. The number of benzene rings is 1. The van der Waals surface area contributed by atoms with Crippen molar-refractivity contribution < 1.29 is 9.47 Å². The Morgan fingerprint density at radius 1 is 1.29 bits per heavy atom. The average Bonchev–Trinajstić information content (AvgIpc) is 2.53. The number of rotatable bonds is 8. The van der Waals surface area contributed by atoms with Crippen LogP contribution in [0.25, 0.3) is 0 Å². The van der Waals surface area contributed by atoms with Gasteiger partial charge in [0.25, 0.3) is 0 Å². The van der Waals surface area contributed by atoms with Crippen molar-refractivity contribution >= 4 is 11.8 Å². The zero-order valence-electron chi connectivity index (χ0n) is 13.1. The van der Waals surface area contributed by atoms with E-state index in [4.69, 9.17) is 9.47 Å². The highest BCUT2D eigenvalue weighted by Crippen LogP contribution is 2.31. The maximum atomic E-state index is 5.79. The van der Waals surface area contributed by atoms with E-state index in [0.29, 0.717) is 12.6 Å². The number of ether oxygens (including phenoxy) is 2. The van der Waals surface area contributed by atoms with E-state index in [1.807, 2.05) is 13.0 Å². The van der Waals surface area contributed by atoms with Crippen molar-refractivity contribution in [2.45, 2.75) is 38.0 Å². The van der Waals surface area contributed by atoms with Crippen LogP contribution in [0.1, 0.15) is 38.3 Å². The van der Waals surface area contributed by atoms with Crippen LogP contribution in [-0.4, -0.2) is 37.4 Å². The van der Waals surface area contributed by atoms with Crippen molar-refractivity contribution in [3.05, 3.63) is 29.8 Å². The molecule has 4 heteroatoms. The first kappa shape index (κ1) is 16.7. The van der Waals surface area contributed by atoms with Crippen molar-refractivity contribution in [3.63, 3.8) is 0 Å². The highest BCUT2D eigenvalue weighted by Gasteiger charge is 2.19. The van der Waals surface area contributed by atoms with Gasteiger partial charge in [0.15, 0.2) is 0 Å². The number of para-hydroxylation sites is 1. The van der Waals surface area contributed by atoms with Crippen molar-refractivity contribution in [1.82, 2.24) is 5.32 Å². The summed E-state index contributed by atoms with van der Waals surface area (Å²) in [4.78, 5) is 0. The molecule has 0 amide bonds. The summed E-state index contributed by atoms with van der Waals surface area (Å²) in [5.74, 6) is 2.10. The van der Waals surface area contributed by atoms with E-state index < -0.39 is 0 Å². The van der Waals surface area contributed by atoms with Crippen LogP contribution in [0.5, 0.6) is 5.75 Å². The molecule has 0 radical (unpaired) electrons. The Hall–Kier alpha value is -0.710. The van der Waals surface area contributed by atoms with E-state index in [9.17, 15) is 0 Å². The normalized spacial score (nSPS) is 17.6. The molecule has 1 aliphatic rings. The molecular weight excluding hydrogens is 282 g/mol. The summed E-state index contributed by atoms with van der Waals surface area (Å²) in [6, 6.07) is 8.75. The Morgan fingerprint density at radius 2 is 2.05 bits per heavy atom. The molecule has 0 aromatic heterocycles. The summed E-state index contributed by atoms with van der Waals surface area (Å²) in [6.07, 6.45) is 2.35. The topological polar surface area (TPSA) is 30.5 Å². The standard InChI is InChI=1S/C17H27NO2S/c1-3-18-16(13-21-14-9-11-19-12-10-14)15-7-5-6-8-17(15)20-4-2/h5-8,14,16,18H,3-4,9-13H2,1-2H3. The molecule has 21 heavy (non-hydrogen) atoms. The molecule has 1 N–H and O–H groups in total. The Kier molecular flexibility index (Phi) is 7.41. The first-order valence-electron chi connectivity index (χ1n) is 7.99. The molecule has 1 heterocycles. The molecule has 1 atom stereocenters. The number of hydrogen-bond donors (Lipinski definition) is 1. The fraction of sp³-hybridized carbons (Fsp3) is 0.647. The zero-order valence-corrected chi connectivity index (χ0v) is 14.0. The Balaban J connectivity index is 2.00. The summed E-state index contributed by atoms with van der Waals surface area (Å²) in [6.45, 7) is 7.71. The van der Waals surface area contributed by atoms with Gasteiger partial charge in [0, 0.05) is 35.8 Å². The smallest absolute Gasteiger partial charge is 0.124 e. The SMILES string of the molecule is CCNC(CSC1CCOCC1)c1ccccc1OCC. The Bertz CT molecular complexity index is 408. The molecule has 2 rings (SSSR count). The predicted molar refractivity (Wildman–Crippen MR) is 90.3 cm³/mol. The quantitative estimate of drug-likeness (QED) is 0.794. The molecule has 0 spiro atoms. The van der Waals surface area contributed by atoms with Crippen LogP contribution >= 0.6 is 11.8 Å². The van der Waals surface area contributed by atoms with E-state index in [-0.39, 0.29) is 0 Å². The van der Waals surface area contributed by atoms with Gasteiger partial charge in [0.1, 0.15) is 5.75 Å². The minimum absolute atomic E-state index is 0.352. The first-order chi connectivity index (χ1) is 10.3.